The third kappa shape index (κ3) is 4.43. The monoisotopic (exact) mass is 392 g/mol. The minimum absolute atomic E-state index is 0.0292. The third-order valence-corrected chi connectivity index (χ3v) is 3.95. The van der Waals surface area contributed by atoms with Crippen molar-refractivity contribution >= 4 is 37.5 Å². The highest BCUT2D eigenvalue weighted by atomic mass is 79.9. The molecule has 0 aromatic heterocycles. The molecule has 1 N–H and O–H groups in total. The van der Waals surface area contributed by atoms with Crippen LogP contribution in [0.25, 0.3) is 0 Å². The number of benzene rings is 1. The Labute approximate surface area is 128 Å². The molecular weight excluding hydrogens is 380 g/mol. The molecule has 1 fully saturated rings. The fraction of sp³-hybridized carbons (Fsp3) is 0.500. The molecule has 1 aliphatic carbocycles. The minimum atomic E-state index is -0.432. The normalized spacial score (nSPS) is 14.4. The van der Waals surface area contributed by atoms with E-state index in [2.05, 4.69) is 37.2 Å². The smallest absolute Gasteiger partial charge is 0.271 e. The molecule has 5 nitrogen and oxygen atoms in total. The van der Waals surface area contributed by atoms with Crippen molar-refractivity contribution in [3.8, 4) is 5.75 Å². The van der Waals surface area contributed by atoms with Crippen LogP contribution >= 0.6 is 31.9 Å². The first-order valence-corrected chi connectivity index (χ1v) is 7.66. The van der Waals surface area contributed by atoms with E-state index in [4.69, 9.17) is 4.74 Å². The Morgan fingerprint density at radius 2 is 2.00 bits per heavy atom. The zero-order valence-corrected chi connectivity index (χ0v) is 13.4. The Morgan fingerprint density at radius 3 is 2.53 bits per heavy atom. The lowest BCUT2D eigenvalue weighted by Gasteiger charge is -2.10. The topological polar surface area (TPSA) is 64.4 Å². The highest BCUT2D eigenvalue weighted by Crippen LogP contribution is 2.37. The Kier molecular flexibility index (Phi) is 5.18. The lowest BCUT2D eigenvalue weighted by Crippen LogP contribution is -2.19. The maximum atomic E-state index is 10.7. The molecule has 0 unspecified atom stereocenters. The Hall–Kier alpha value is -0.660. The van der Waals surface area contributed by atoms with Crippen LogP contribution in [0.4, 0.5) is 5.69 Å². The van der Waals surface area contributed by atoms with Gasteiger partial charge in [-0.2, -0.15) is 0 Å². The number of rotatable bonds is 7. The van der Waals surface area contributed by atoms with Gasteiger partial charge in [-0.15, -0.1) is 0 Å². The quantitative estimate of drug-likeness (QED) is 0.436. The molecule has 7 heteroatoms. The van der Waals surface area contributed by atoms with Crippen LogP contribution in [0.15, 0.2) is 21.1 Å². The largest absolute Gasteiger partial charge is 0.491 e. The van der Waals surface area contributed by atoms with Crippen LogP contribution in [0.1, 0.15) is 19.3 Å². The van der Waals surface area contributed by atoms with Crippen LogP contribution in [0.2, 0.25) is 0 Å². The summed E-state index contributed by atoms with van der Waals surface area (Å²) in [7, 11) is 0. The third-order valence-electron chi connectivity index (χ3n) is 2.77. The van der Waals surface area contributed by atoms with Crippen LogP contribution < -0.4 is 10.1 Å². The summed E-state index contributed by atoms with van der Waals surface area (Å²) in [6, 6.07) is 3.60. The molecule has 0 saturated heterocycles. The standard InChI is InChI=1S/C12H14Br2N2O3/c13-10-6-9(16(17)18)7-11(14)12(10)19-5-1-4-15-8-2-3-8/h6-8,15H,1-5H2. The van der Waals surface area contributed by atoms with Crippen LogP contribution in [0, 0.1) is 10.1 Å². The summed E-state index contributed by atoms with van der Waals surface area (Å²) >= 11 is 6.59. The van der Waals surface area contributed by atoms with Gasteiger partial charge in [0.05, 0.1) is 20.5 Å². The second-order valence-corrected chi connectivity index (χ2v) is 6.13. The van der Waals surface area contributed by atoms with Crippen LogP contribution in [-0.2, 0) is 0 Å². The van der Waals surface area contributed by atoms with Gasteiger partial charge in [0.15, 0.2) is 0 Å². The first kappa shape index (κ1) is 14.7. The van der Waals surface area contributed by atoms with Gasteiger partial charge in [-0.3, -0.25) is 10.1 Å². The van der Waals surface area contributed by atoms with Gasteiger partial charge in [0.25, 0.3) is 5.69 Å². The number of nitro benzene ring substituents is 1. The van der Waals surface area contributed by atoms with Gasteiger partial charge < -0.3 is 10.1 Å². The van der Waals surface area contributed by atoms with Gasteiger partial charge in [-0.05, 0) is 57.7 Å². The van der Waals surface area contributed by atoms with E-state index in [0.29, 0.717) is 27.3 Å². The molecular formula is C12H14Br2N2O3. The summed E-state index contributed by atoms with van der Waals surface area (Å²) in [5, 5.41) is 14.1. The van der Waals surface area contributed by atoms with Gasteiger partial charge >= 0.3 is 0 Å². The van der Waals surface area contributed by atoms with E-state index < -0.39 is 4.92 Å². The maximum Gasteiger partial charge on any atom is 0.271 e. The lowest BCUT2D eigenvalue weighted by molar-refractivity contribution is -0.385. The van der Waals surface area contributed by atoms with E-state index in [1.54, 1.807) is 0 Å². The molecule has 1 aliphatic rings. The number of hydrogen-bond acceptors (Lipinski definition) is 4. The average molecular weight is 394 g/mol. The number of nitro groups is 1. The van der Waals surface area contributed by atoms with Gasteiger partial charge in [0, 0.05) is 18.2 Å². The molecule has 0 aliphatic heterocycles. The van der Waals surface area contributed by atoms with E-state index >= 15 is 0 Å². The van der Waals surface area contributed by atoms with Crippen LogP contribution in [0.3, 0.4) is 0 Å². The van der Waals surface area contributed by atoms with Gasteiger partial charge in [0.1, 0.15) is 5.75 Å². The van der Waals surface area contributed by atoms with E-state index in [-0.39, 0.29) is 5.69 Å². The molecule has 0 bridgehead atoms. The Balaban J connectivity index is 1.86. The Bertz CT molecular complexity index is 455. The number of hydrogen-bond donors (Lipinski definition) is 1. The Morgan fingerprint density at radius 1 is 1.37 bits per heavy atom. The summed E-state index contributed by atoms with van der Waals surface area (Å²) in [5.41, 5.74) is 0.0292. The first-order valence-electron chi connectivity index (χ1n) is 6.07. The second kappa shape index (κ2) is 6.67. The van der Waals surface area contributed by atoms with Crippen LogP contribution in [-0.4, -0.2) is 24.1 Å². The highest BCUT2D eigenvalue weighted by Gasteiger charge is 2.19. The van der Waals surface area contributed by atoms with Crippen LogP contribution in [0.5, 0.6) is 5.75 Å². The first-order chi connectivity index (χ1) is 9.08. The molecule has 1 saturated carbocycles. The summed E-state index contributed by atoms with van der Waals surface area (Å²) in [5.74, 6) is 0.608. The summed E-state index contributed by atoms with van der Waals surface area (Å²) in [6.45, 7) is 1.52. The summed E-state index contributed by atoms with van der Waals surface area (Å²) in [4.78, 5) is 10.3. The molecule has 1 aromatic carbocycles. The zero-order chi connectivity index (χ0) is 13.8. The average Bonchev–Trinajstić information content (AvgIpc) is 3.15. The molecule has 1 aromatic rings. The predicted molar refractivity (Wildman–Crippen MR) is 79.6 cm³/mol. The predicted octanol–water partition coefficient (Wildman–Crippen LogP) is 3.64. The van der Waals surface area contributed by atoms with E-state index in [1.165, 1.54) is 25.0 Å². The molecule has 0 radical (unpaired) electrons. The van der Waals surface area contributed by atoms with Crippen molar-refractivity contribution in [1.29, 1.82) is 0 Å². The number of ether oxygens (including phenoxy) is 1. The number of nitrogens with zero attached hydrogens (tertiary/aromatic N) is 1. The van der Waals surface area contributed by atoms with E-state index in [0.717, 1.165) is 13.0 Å². The van der Waals surface area contributed by atoms with Crippen molar-refractivity contribution in [1.82, 2.24) is 5.32 Å². The van der Waals surface area contributed by atoms with Crippen molar-refractivity contribution in [2.45, 2.75) is 25.3 Å². The van der Waals surface area contributed by atoms with Crippen molar-refractivity contribution in [2.24, 2.45) is 0 Å². The lowest BCUT2D eigenvalue weighted by atomic mass is 10.3. The fourth-order valence-corrected chi connectivity index (χ4v) is 3.02. The molecule has 19 heavy (non-hydrogen) atoms. The summed E-state index contributed by atoms with van der Waals surface area (Å²) < 4.78 is 6.82. The number of halogens is 2. The van der Waals surface area contributed by atoms with Gasteiger partial charge in [-0.1, -0.05) is 0 Å². The van der Waals surface area contributed by atoms with Crippen molar-refractivity contribution < 1.29 is 9.66 Å². The number of non-ortho nitro benzene ring substituents is 1. The molecule has 104 valence electrons. The SMILES string of the molecule is O=[N+]([O-])c1cc(Br)c(OCCCNC2CC2)c(Br)c1. The minimum Gasteiger partial charge on any atom is -0.491 e. The second-order valence-electron chi connectivity index (χ2n) is 4.43. The highest BCUT2D eigenvalue weighted by molar-refractivity contribution is 9.11. The molecule has 0 atom stereocenters. The van der Waals surface area contributed by atoms with Crippen molar-refractivity contribution in [2.75, 3.05) is 13.2 Å². The molecule has 0 spiro atoms. The summed E-state index contributed by atoms with van der Waals surface area (Å²) in [6.07, 6.45) is 3.47. The van der Waals surface area contributed by atoms with E-state index in [1.807, 2.05) is 0 Å². The number of nitrogens with one attached hydrogen (secondary N) is 1. The van der Waals surface area contributed by atoms with Gasteiger partial charge in [-0.25, -0.2) is 0 Å². The van der Waals surface area contributed by atoms with E-state index in [9.17, 15) is 10.1 Å². The van der Waals surface area contributed by atoms with Gasteiger partial charge in [0.2, 0.25) is 0 Å². The van der Waals surface area contributed by atoms with Crippen molar-refractivity contribution in [3.63, 3.8) is 0 Å². The zero-order valence-electron chi connectivity index (χ0n) is 10.2. The fourth-order valence-electron chi connectivity index (χ4n) is 1.63. The molecule has 2 rings (SSSR count). The van der Waals surface area contributed by atoms with Crippen molar-refractivity contribution in [3.05, 3.63) is 31.2 Å². The molecule has 0 amide bonds. The molecule has 0 heterocycles. The maximum absolute atomic E-state index is 10.7.